The molecular weight excluding hydrogens is 326 g/mol. The fourth-order valence-electron chi connectivity index (χ4n) is 3.04. The standard InChI is InChI=1S/C18H21NO2S2/c20-17(8-5-13-3-1-2-4-13)19-11-15-6-7-16(23-15)18(21)14-9-10-22-12-14/h6-7,9-10,12-13H,1-5,8,11H2,(H,19,20). The molecule has 3 rings (SSSR count). The van der Waals surface area contributed by atoms with E-state index in [4.69, 9.17) is 0 Å². The van der Waals surface area contributed by atoms with Crippen LogP contribution in [0.5, 0.6) is 0 Å². The van der Waals surface area contributed by atoms with Gasteiger partial charge < -0.3 is 5.32 Å². The molecule has 2 aromatic heterocycles. The van der Waals surface area contributed by atoms with E-state index in [1.807, 2.05) is 29.0 Å². The summed E-state index contributed by atoms with van der Waals surface area (Å²) in [5.74, 6) is 0.934. The third kappa shape index (κ3) is 4.52. The first-order valence-electron chi connectivity index (χ1n) is 8.14. The average molecular weight is 348 g/mol. The van der Waals surface area contributed by atoms with Crippen molar-refractivity contribution in [1.29, 1.82) is 0 Å². The molecule has 0 spiro atoms. The number of thiophene rings is 2. The van der Waals surface area contributed by atoms with Crippen LogP contribution in [0.25, 0.3) is 0 Å². The van der Waals surface area contributed by atoms with Crippen molar-refractivity contribution in [3.05, 3.63) is 44.3 Å². The van der Waals surface area contributed by atoms with E-state index in [0.29, 0.717) is 13.0 Å². The summed E-state index contributed by atoms with van der Waals surface area (Å²) in [6.07, 6.45) is 6.85. The lowest BCUT2D eigenvalue weighted by molar-refractivity contribution is -0.121. The third-order valence-corrected chi connectivity index (χ3v) is 6.15. The Morgan fingerprint density at radius 2 is 2.00 bits per heavy atom. The van der Waals surface area contributed by atoms with Crippen LogP contribution < -0.4 is 5.32 Å². The van der Waals surface area contributed by atoms with Crippen LogP contribution in [-0.4, -0.2) is 11.7 Å². The normalized spacial score (nSPS) is 15.0. The van der Waals surface area contributed by atoms with E-state index in [9.17, 15) is 9.59 Å². The van der Waals surface area contributed by atoms with E-state index < -0.39 is 0 Å². The van der Waals surface area contributed by atoms with Crippen LogP contribution in [0.4, 0.5) is 0 Å². The summed E-state index contributed by atoms with van der Waals surface area (Å²) in [5.41, 5.74) is 0.740. The van der Waals surface area contributed by atoms with Gasteiger partial charge in [0.15, 0.2) is 0 Å². The molecule has 0 aliphatic heterocycles. The van der Waals surface area contributed by atoms with Gasteiger partial charge in [0.2, 0.25) is 11.7 Å². The predicted molar refractivity (Wildman–Crippen MR) is 95.1 cm³/mol. The Bertz CT molecular complexity index is 654. The summed E-state index contributed by atoms with van der Waals surface area (Å²) >= 11 is 2.99. The number of amides is 1. The summed E-state index contributed by atoms with van der Waals surface area (Å²) in [7, 11) is 0. The molecule has 1 aliphatic carbocycles. The Morgan fingerprint density at radius 3 is 2.74 bits per heavy atom. The second kappa shape index (κ2) is 7.88. The first kappa shape index (κ1) is 16.4. The van der Waals surface area contributed by atoms with Crippen molar-refractivity contribution in [2.45, 2.75) is 45.1 Å². The zero-order valence-corrected chi connectivity index (χ0v) is 14.7. The van der Waals surface area contributed by atoms with Gasteiger partial charge in [0.1, 0.15) is 0 Å². The van der Waals surface area contributed by atoms with Crippen LogP contribution in [0.15, 0.2) is 29.0 Å². The second-order valence-electron chi connectivity index (χ2n) is 6.07. The molecule has 2 aromatic rings. The maximum Gasteiger partial charge on any atom is 0.220 e. The zero-order chi connectivity index (χ0) is 16.1. The molecule has 0 aromatic carbocycles. The van der Waals surface area contributed by atoms with Crippen molar-refractivity contribution in [1.82, 2.24) is 5.32 Å². The van der Waals surface area contributed by atoms with E-state index in [0.717, 1.165) is 27.7 Å². The zero-order valence-electron chi connectivity index (χ0n) is 13.0. The molecule has 1 amide bonds. The van der Waals surface area contributed by atoms with Gasteiger partial charge in [0, 0.05) is 22.2 Å². The highest BCUT2D eigenvalue weighted by Crippen LogP contribution is 2.28. The molecule has 0 unspecified atom stereocenters. The van der Waals surface area contributed by atoms with Gasteiger partial charge >= 0.3 is 0 Å². The minimum Gasteiger partial charge on any atom is -0.351 e. The Morgan fingerprint density at radius 1 is 1.17 bits per heavy atom. The smallest absolute Gasteiger partial charge is 0.220 e. The first-order valence-corrected chi connectivity index (χ1v) is 9.90. The van der Waals surface area contributed by atoms with Crippen molar-refractivity contribution in [3.8, 4) is 0 Å². The lowest BCUT2D eigenvalue weighted by Gasteiger charge is -2.08. The lowest BCUT2D eigenvalue weighted by atomic mass is 10.0. The van der Waals surface area contributed by atoms with Gasteiger partial charge in [-0.05, 0) is 35.9 Å². The minimum absolute atomic E-state index is 0.0649. The molecule has 2 heterocycles. The predicted octanol–water partition coefficient (Wildman–Crippen LogP) is 4.63. The molecule has 1 aliphatic rings. The molecule has 3 nitrogen and oxygen atoms in total. The number of hydrogen-bond donors (Lipinski definition) is 1. The van der Waals surface area contributed by atoms with E-state index in [1.165, 1.54) is 48.4 Å². The molecule has 5 heteroatoms. The molecule has 0 bridgehead atoms. The van der Waals surface area contributed by atoms with Crippen LogP contribution in [0.1, 0.15) is 58.6 Å². The Balaban J connectivity index is 1.45. The van der Waals surface area contributed by atoms with Crippen LogP contribution >= 0.6 is 22.7 Å². The summed E-state index contributed by atoms with van der Waals surface area (Å²) in [6.45, 7) is 0.519. The van der Waals surface area contributed by atoms with E-state index in [-0.39, 0.29) is 11.7 Å². The average Bonchev–Trinajstić information content (AvgIpc) is 3.33. The van der Waals surface area contributed by atoms with Crippen molar-refractivity contribution < 1.29 is 9.59 Å². The number of carbonyl (C=O) groups excluding carboxylic acids is 2. The highest BCUT2D eigenvalue weighted by molar-refractivity contribution is 7.14. The van der Waals surface area contributed by atoms with Gasteiger partial charge in [-0.25, -0.2) is 0 Å². The van der Waals surface area contributed by atoms with Gasteiger partial charge in [-0.1, -0.05) is 25.7 Å². The maximum absolute atomic E-state index is 12.2. The number of nitrogens with one attached hydrogen (secondary N) is 1. The van der Waals surface area contributed by atoms with Crippen molar-refractivity contribution in [2.24, 2.45) is 5.92 Å². The van der Waals surface area contributed by atoms with Crippen LogP contribution in [0.3, 0.4) is 0 Å². The van der Waals surface area contributed by atoms with E-state index >= 15 is 0 Å². The van der Waals surface area contributed by atoms with Crippen molar-refractivity contribution >= 4 is 34.4 Å². The maximum atomic E-state index is 12.2. The summed E-state index contributed by atoms with van der Waals surface area (Å²) in [5, 5.41) is 6.75. The summed E-state index contributed by atoms with van der Waals surface area (Å²) in [6, 6.07) is 5.63. The van der Waals surface area contributed by atoms with E-state index in [1.54, 1.807) is 0 Å². The van der Waals surface area contributed by atoms with Crippen molar-refractivity contribution in [3.63, 3.8) is 0 Å². The highest BCUT2D eigenvalue weighted by Gasteiger charge is 2.16. The minimum atomic E-state index is 0.0649. The van der Waals surface area contributed by atoms with Gasteiger partial charge in [-0.15, -0.1) is 11.3 Å². The SMILES string of the molecule is O=C(CCC1CCCC1)NCc1ccc(C(=O)c2ccsc2)s1. The Labute approximate surface area is 144 Å². The Hall–Kier alpha value is -1.46. The molecule has 1 fully saturated rings. The van der Waals surface area contributed by atoms with Gasteiger partial charge in [-0.3, -0.25) is 9.59 Å². The second-order valence-corrected chi connectivity index (χ2v) is 8.02. The first-order chi connectivity index (χ1) is 11.2. The molecule has 0 radical (unpaired) electrons. The largest absolute Gasteiger partial charge is 0.351 e. The van der Waals surface area contributed by atoms with Crippen LogP contribution in [-0.2, 0) is 11.3 Å². The molecule has 0 atom stereocenters. The molecule has 122 valence electrons. The molecule has 1 N–H and O–H groups in total. The topological polar surface area (TPSA) is 46.2 Å². The molecule has 23 heavy (non-hydrogen) atoms. The van der Waals surface area contributed by atoms with E-state index in [2.05, 4.69) is 5.32 Å². The van der Waals surface area contributed by atoms with Crippen LogP contribution in [0, 0.1) is 5.92 Å². The molecule has 0 saturated heterocycles. The van der Waals surface area contributed by atoms with Crippen molar-refractivity contribution in [2.75, 3.05) is 0 Å². The monoisotopic (exact) mass is 347 g/mol. The van der Waals surface area contributed by atoms with Gasteiger partial charge in [0.25, 0.3) is 0 Å². The quantitative estimate of drug-likeness (QED) is 0.742. The molecular formula is C18H21NO2S2. The summed E-state index contributed by atoms with van der Waals surface area (Å²) < 4.78 is 0. The summed E-state index contributed by atoms with van der Waals surface area (Å²) in [4.78, 5) is 25.9. The third-order valence-electron chi connectivity index (χ3n) is 4.38. The fraction of sp³-hybridized carbons (Fsp3) is 0.444. The molecule has 1 saturated carbocycles. The number of hydrogen-bond acceptors (Lipinski definition) is 4. The highest BCUT2D eigenvalue weighted by atomic mass is 32.1. The van der Waals surface area contributed by atoms with Crippen LogP contribution in [0.2, 0.25) is 0 Å². The van der Waals surface area contributed by atoms with Gasteiger partial charge in [-0.2, -0.15) is 11.3 Å². The number of ketones is 1. The number of rotatable bonds is 7. The van der Waals surface area contributed by atoms with Gasteiger partial charge in [0.05, 0.1) is 11.4 Å². The fourth-order valence-corrected chi connectivity index (χ4v) is 4.58. The lowest BCUT2D eigenvalue weighted by Crippen LogP contribution is -2.22. The number of carbonyl (C=O) groups is 2. The Kier molecular flexibility index (Phi) is 5.62.